The highest BCUT2D eigenvalue weighted by Crippen LogP contribution is 2.24. The second kappa shape index (κ2) is 3.46. The van der Waals surface area contributed by atoms with Crippen LogP contribution in [0.5, 0.6) is 5.88 Å². The van der Waals surface area contributed by atoms with Gasteiger partial charge >= 0.3 is 0 Å². The Morgan fingerprint density at radius 3 is 2.54 bits per heavy atom. The zero-order valence-electron chi connectivity index (χ0n) is 7.64. The van der Waals surface area contributed by atoms with Crippen molar-refractivity contribution < 1.29 is 9.13 Å². The average Bonchev–Trinajstić information content (AvgIpc) is 2.01. The maximum atomic E-state index is 13.4. The Kier molecular flexibility index (Phi) is 2.71. The van der Waals surface area contributed by atoms with Crippen molar-refractivity contribution in [3.05, 3.63) is 17.0 Å². The van der Waals surface area contributed by atoms with Crippen LogP contribution in [0.15, 0.2) is 6.07 Å². The first-order chi connectivity index (χ1) is 5.93. The standard InChI is InChI=1S/C8H10ClFN2O/c1-8(2,10)7-11-5(9)4-6(12-7)13-3/h4H,1-3H3. The van der Waals surface area contributed by atoms with E-state index in [4.69, 9.17) is 16.3 Å². The molecule has 0 spiro atoms. The van der Waals surface area contributed by atoms with Crippen LogP contribution in [-0.4, -0.2) is 17.1 Å². The third-order valence-electron chi connectivity index (χ3n) is 1.41. The lowest BCUT2D eigenvalue weighted by atomic mass is 10.1. The first kappa shape index (κ1) is 10.2. The zero-order chi connectivity index (χ0) is 10.1. The number of methoxy groups -OCH3 is 1. The van der Waals surface area contributed by atoms with Gasteiger partial charge in [-0.05, 0) is 13.8 Å². The van der Waals surface area contributed by atoms with E-state index < -0.39 is 5.67 Å². The molecule has 1 heterocycles. The molecule has 0 saturated carbocycles. The Labute approximate surface area is 80.9 Å². The Balaban J connectivity index is 3.16. The Bertz CT molecular complexity index is 312. The molecule has 1 rings (SSSR count). The zero-order valence-corrected chi connectivity index (χ0v) is 8.39. The molecule has 1 aromatic heterocycles. The summed E-state index contributed by atoms with van der Waals surface area (Å²) in [7, 11) is 1.44. The predicted molar refractivity (Wildman–Crippen MR) is 47.7 cm³/mol. The number of nitrogens with zero attached hydrogens (tertiary/aromatic N) is 2. The van der Waals surface area contributed by atoms with Gasteiger partial charge in [-0.3, -0.25) is 0 Å². The van der Waals surface area contributed by atoms with Crippen molar-refractivity contribution in [3.8, 4) is 5.88 Å². The summed E-state index contributed by atoms with van der Waals surface area (Å²) in [6.07, 6.45) is 0. The van der Waals surface area contributed by atoms with Crippen LogP contribution in [0.4, 0.5) is 4.39 Å². The summed E-state index contributed by atoms with van der Waals surface area (Å²) in [5.41, 5.74) is -1.61. The highest BCUT2D eigenvalue weighted by Gasteiger charge is 2.23. The van der Waals surface area contributed by atoms with Gasteiger partial charge in [-0.25, -0.2) is 9.37 Å². The Hall–Kier alpha value is -0.900. The van der Waals surface area contributed by atoms with Gasteiger partial charge in [-0.1, -0.05) is 11.6 Å². The van der Waals surface area contributed by atoms with Crippen LogP contribution in [0.2, 0.25) is 5.15 Å². The molecule has 0 unspecified atom stereocenters. The van der Waals surface area contributed by atoms with Gasteiger partial charge < -0.3 is 4.74 Å². The lowest BCUT2D eigenvalue weighted by molar-refractivity contribution is 0.204. The van der Waals surface area contributed by atoms with E-state index in [1.165, 1.54) is 27.0 Å². The molecule has 0 N–H and O–H groups in total. The van der Waals surface area contributed by atoms with Gasteiger partial charge in [0.2, 0.25) is 5.88 Å². The van der Waals surface area contributed by atoms with Crippen LogP contribution in [-0.2, 0) is 5.67 Å². The number of aromatic nitrogens is 2. The lowest BCUT2D eigenvalue weighted by Gasteiger charge is -2.12. The van der Waals surface area contributed by atoms with Crippen LogP contribution in [0.25, 0.3) is 0 Å². The van der Waals surface area contributed by atoms with Crippen molar-refractivity contribution >= 4 is 11.6 Å². The fraction of sp³-hybridized carbons (Fsp3) is 0.500. The summed E-state index contributed by atoms with van der Waals surface area (Å²) in [5, 5.41) is 0.174. The smallest absolute Gasteiger partial charge is 0.217 e. The first-order valence-electron chi connectivity index (χ1n) is 3.71. The topological polar surface area (TPSA) is 35.0 Å². The fourth-order valence-electron chi connectivity index (χ4n) is 0.767. The summed E-state index contributed by atoms with van der Waals surface area (Å²) in [6, 6.07) is 1.43. The summed E-state index contributed by atoms with van der Waals surface area (Å²) in [6.45, 7) is 2.72. The molecule has 0 fully saturated rings. The molecule has 0 aliphatic heterocycles. The second-order valence-electron chi connectivity index (χ2n) is 3.03. The summed E-state index contributed by atoms with van der Waals surface area (Å²) < 4.78 is 18.2. The average molecular weight is 205 g/mol. The monoisotopic (exact) mass is 204 g/mol. The summed E-state index contributed by atoms with van der Waals surface area (Å²) >= 11 is 5.64. The molecule has 3 nitrogen and oxygen atoms in total. The van der Waals surface area contributed by atoms with Gasteiger partial charge in [0.25, 0.3) is 0 Å². The molecule has 0 aliphatic carbocycles. The SMILES string of the molecule is COc1cc(Cl)nc(C(C)(C)F)n1. The van der Waals surface area contributed by atoms with E-state index in [0.717, 1.165) is 0 Å². The highest BCUT2D eigenvalue weighted by atomic mass is 35.5. The molecular weight excluding hydrogens is 195 g/mol. The fourth-order valence-corrected chi connectivity index (χ4v) is 0.941. The van der Waals surface area contributed by atoms with E-state index in [1.807, 2.05) is 0 Å². The van der Waals surface area contributed by atoms with Gasteiger partial charge in [0.05, 0.1) is 7.11 Å². The maximum absolute atomic E-state index is 13.4. The van der Waals surface area contributed by atoms with Crippen LogP contribution in [0.1, 0.15) is 19.7 Å². The Morgan fingerprint density at radius 1 is 1.46 bits per heavy atom. The molecular formula is C8H10ClFN2O. The quantitative estimate of drug-likeness (QED) is 0.694. The molecule has 0 amide bonds. The summed E-state index contributed by atoms with van der Waals surface area (Å²) in [4.78, 5) is 7.58. The largest absolute Gasteiger partial charge is 0.481 e. The minimum absolute atomic E-state index is 0.0249. The van der Waals surface area contributed by atoms with Crippen molar-refractivity contribution in [2.45, 2.75) is 19.5 Å². The highest BCUT2D eigenvalue weighted by molar-refractivity contribution is 6.29. The van der Waals surface area contributed by atoms with Crippen LogP contribution in [0.3, 0.4) is 0 Å². The van der Waals surface area contributed by atoms with Gasteiger partial charge in [0.15, 0.2) is 11.5 Å². The van der Waals surface area contributed by atoms with Crippen molar-refractivity contribution in [1.82, 2.24) is 9.97 Å². The third kappa shape index (κ3) is 2.52. The lowest BCUT2D eigenvalue weighted by Crippen LogP contribution is -2.14. The molecule has 0 radical (unpaired) electrons. The van der Waals surface area contributed by atoms with E-state index >= 15 is 0 Å². The van der Waals surface area contributed by atoms with Crippen LogP contribution >= 0.6 is 11.6 Å². The van der Waals surface area contributed by atoms with Crippen molar-refractivity contribution in [2.24, 2.45) is 0 Å². The van der Waals surface area contributed by atoms with E-state index in [2.05, 4.69) is 9.97 Å². The molecule has 5 heteroatoms. The number of alkyl halides is 1. The van der Waals surface area contributed by atoms with Crippen molar-refractivity contribution in [1.29, 1.82) is 0 Å². The molecule has 0 bridgehead atoms. The van der Waals surface area contributed by atoms with Crippen molar-refractivity contribution in [2.75, 3.05) is 7.11 Å². The Morgan fingerprint density at radius 2 is 2.08 bits per heavy atom. The van der Waals surface area contributed by atoms with E-state index in [1.54, 1.807) is 0 Å². The van der Waals surface area contributed by atoms with Gasteiger partial charge in [0, 0.05) is 6.07 Å². The molecule has 13 heavy (non-hydrogen) atoms. The minimum Gasteiger partial charge on any atom is -0.481 e. The number of hydrogen-bond donors (Lipinski definition) is 0. The molecule has 0 atom stereocenters. The third-order valence-corrected chi connectivity index (χ3v) is 1.61. The molecule has 0 aliphatic rings. The number of halogens is 2. The van der Waals surface area contributed by atoms with E-state index in [0.29, 0.717) is 0 Å². The molecule has 0 saturated heterocycles. The van der Waals surface area contributed by atoms with E-state index in [-0.39, 0.29) is 16.9 Å². The molecule has 0 aromatic carbocycles. The molecule has 1 aromatic rings. The number of rotatable bonds is 2. The van der Waals surface area contributed by atoms with Gasteiger partial charge in [-0.2, -0.15) is 4.98 Å². The van der Waals surface area contributed by atoms with Crippen LogP contribution in [0, 0.1) is 0 Å². The first-order valence-corrected chi connectivity index (χ1v) is 4.09. The number of hydrogen-bond acceptors (Lipinski definition) is 3. The van der Waals surface area contributed by atoms with E-state index in [9.17, 15) is 4.39 Å². The molecule has 72 valence electrons. The van der Waals surface area contributed by atoms with Crippen molar-refractivity contribution in [3.63, 3.8) is 0 Å². The van der Waals surface area contributed by atoms with Gasteiger partial charge in [-0.15, -0.1) is 0 Å². The predicted octanol–water partition coefficient (Wildman–Crippen LogP) is 2.34. The second-order valence-corrected chi connectivity index (χ2v) is 3.42. The maximum Gasteiger partial charge on any atom is 0.217 e. The number of ether oxygens (including phenoxy) is 1. The van der Waals surface area contributed by atoms with Gasteiger partial charge in [0.1, 0.15) is 5.15 Å². The normalized spacial score (nSPS) is 11.5. The minimum atomic E-state index is -1.61. The van der Waals surface area contributed by atoms with Crippen LogP contribution < -0.4 is 4.74 Å². The summed E-state index contributed by atoms with van der Waals surface area (Å²) in [5.74, 6) is 0.289.